The second-order valence-corrected chi connectivity index (χ2v) is 3.57. The predicted molar refractivity (Wildman–Crippen MR) is 41.0 cm³/mol. The summed E-state index contributed by atoms with van der Waals surface area (Å²) in [7, 11) is 2.62. The summed E-state index contributed by atoms with van der Waals surface area (Å²) in [6, 6.07) is 0. The van der Waals surface area contributed by atoms with E-state index in [2.05, 4.69) is 7.28 Å². The van der Waals surface area contributed by atoms with Crippen LogP contribution in [0.4, 0.5) is 0 Å². The van der Waals surface area contributed by atoms with Crippen molar-refractivity contribution in [3.05, 3.63) is 0 Å². The molecular weight excluding hydrogens is 107 g/mol. The molecule has 1 heteroatoms. The van der Waals surface area contributed by atoms with Gasteiger partial charge in [0.05, 0.1) is 0 Å². The van der Waals surface area contributed by atoms with Gasteiger partial charge < -0.3 is 7.28 Å². The maximum atomic E-state index is 2.62. The Kier molecular flexibility index (Phi) is 1.53. The molecule has 0 aromatic rings. The highest BCUT2D eigenvalue weighted by Gasteiger charge is 2.13. The summed E-state index contributed by atoms with van der Waals surface area (Å²) >= 11 is 0. The molecule has 0 saturated carbocycles. The van der Waals surface area contributed by atoms with Gasteiger partial charge in [0.15, 0.2) is 0 Å². The number of hydrogen-bond donors (Lipinski definition) is 0. The molecule has 0 aromatic carbocycles. The highest BCUT2D eigenvalue weighted by Crippen LogP contribution is 2.40. The van der Waals surface area contributed by atoms with Crippen LogP contribution in [0, 0.1) is 0 Å². The van der Waals surface area contributed by atoms with Crippen LogP contribution in [0.25, 0.3) is 0 Å². The van der Waals surface area contributed by atoms with Gasteiger partial charge in [0.25, 0.3) is 0 Å². The minimum absolute atomic E-state index is 1.03. The number of fused-ring (bicyclic) bond motifs is 2. The van der Waals surface area contributed by atoms with Gasteiger partial charge in [-0.2, -0.15) is 0 Å². The molecule has 2 saturated heterocycles. The Balaban J connectivity index is 1.96. The molecule has 2 heterocycles. The van der Waals surface area contributed by atoms with Crippen molar-refractivity contribution in [3.63, 3.8) is 0 Å². The van der Waals surface area contributed by atoms with E-state index in [1.165, 1.54) is 38.5 Å². The van der Waals surface area contributed by atoms with E-state index in [9.17, 15) is 0 Å². The Morgan fingerprint density at radius 1 is 0.778 bits per heavy atom. The van der Waals surface area contributed by atoms with Gasteiger partial charge in [0, 0.05) is 0 Å². The molecule has 0 aliphatic carbocycles. The largest absolute Gasteiger partial charge is 0.328 e. The molecule has 0 amide bonds. The molecule has 0 N–H and O–H groups in total. The normalized spacial score (nSPS) is 42.7. The minimum Gasteiger partial charge on any atom is -0.328 e. The van der Waals surface area contributed by atoms with E-state index in [0.717, 1.165) is 11.6 Å². The zero-order valence-corrected chi connectivity index (χ0v) is 5.97. The van der Waals surface area contributed by atoms with Crippen molar-refractivity contribution in [2.45, 2.75) is 50.2 Å². The monoisotopic (exact) mass is 121 g/mol. The Morgan fingerprint density at radius 3 is 1.56 bits per heavy atom. The molecule has 0 unspecified atom stereocenters. The molecule has 2 bridgehead atoms. The molecule has 2 fully saturated rings. The number of rotatable bonds is 0. The summed E-state index contributed by atoms with van der Waals surface area (Å²) in [5, 5.41) is 0. The van der Waals surface area contributed by atoms with Crippen LogP contribution in [0.5, 0.6) is 0 Å². The molecule has 2 radical (unpaired) electrons. The van der Waals surface area contributed by atoms with Gasteiger partial charge in [-0.3, -0.25) is 0 Å². The molecule has 2 aliphatic rings. The topological polar surface area (TPSA) is 0 Å². The highest BCUT2D eigenvalue weighted by atomic mass is 14.2. The molecule has 0 aromatic heterocycles. The van der Waals surface area contributed by atoms with E-state index < -0.39 is 0 Å². The maximum Gasteiger partial charge on any atom is -0.0592 e. The van der Waals surface area contributed by atoms with Gasteiger partial charge >= 0.3 is 0 Å². The molecule has 2 aliphatic heterocycles. The fourth-order valence-electron chi connectivity index (χ4n) is 2.34. The fraction of sp³-hybridized carbons (Fsp3) is 1.00. The molecule has 0 spiro atoms. The minimum atomic E-state index is 1.03. The molecular formula is C8H14B-. The second-order valence-electron chi connectivity index (χ2n) is 3.57. The van der Waals surface area contributed by atoms with E-state index in [-0.39, 0.29) is 0 Å². The van der Waals surface area contributed by atoms with Gasteiger partial charge in [0.2, 0.25) is 0 Å². The lowest BCUT2D eigenvalue weighted by Crippen LogP contribution is -2.21. The maximum absolute atomic E-state index is 2.62. The highest BCUT2D eigenvalue weighted by molar-refractivity contribution is 6.40. The summed E-state index contributed by atoms with van der Waals surface area (Å²) in [5.41, 5.74) is 0. The first-order valence-corrected chi connectivity index (χ1v) is 4.30. The Labute approximate surface area is 58.3 Å². The first kappa shape index (κ1) is 5.82. The first-order valence-electron chi connectivity index (χ1n) is 4.30. The van der Waals surface area contributed by atoms with Crippen molar-refractivity contribution in [2.75, 3.05) is 0 Å². The Hall–Kier alpha value is 0.0649. The SMILES string of the molecule is [B-]1C2CCCC1CCC2. The molecule has 0 nitrogen and oxygen atoms in total. The third kappa shape index (κ3) is 1.15. The van der Waals surface area contributed by atoms with Crippen molar-refractivity contribution < 1.29 is 0 Å². The van der Waals surface area contributed by atoms with Crippen molar-refractivity contribution >= 4 is 7.28 Å². The zero-order valence-electron chi connectivity index (χ0n) is 5.97. The summed E-state index contributed by atoms with van der Waals surface area (Å²) < 4.78 is 0. The van der Waals surface area contributed by atoms with Gasteiger partial charge in [-0.05, 0) is 0 Å². The van der Waals surface area contributed by atoms with Crippen molar-refractivity contribution in [2.24, 2.45) is 0 Å². The third-order valence-corrected chi connectivity index (χ3v) is 2.84. The lowest BCUT2D eigenvalue weighted by Gasteiger charge is -2.46. The van der Waals surface area contributed by atoms with Crippen LogP contribution in [-0.4, -0.2) is 7.28 Å². The van der Waals surface area contributed by atoms with E-state index in [0.29, 0.717) is 0 Å². The predicted octanol–water partition coefficient (Wildman–Crippen LogP) is 2.64. The van der Waals surface area contributed by atoms with Crippen molar-refractivity contribution in [1.82, 2.24) is 0 Å². The van der Waals surface area contributed by atoms with E-state index in [4.69, 9.17) is 0 Å². The second kappa shape index (κ2) is 2.36. The summed E-state index contributed by atoms with van der Waals surface area (Å²) in [6.07, 6.45) is 9.00. The van der Waals surface area contributed by atoms with Gasteiger partial charge in [0.1, 0.15) is 0 Å². The van der Waals surface area contributed by atoms with Crippen LogP contribution in [-0.2, 0) is 0 Å². The van der Waals surface area contributed by atoms with Crippen molar-refractivity contribution in [3.8, 4) is 0 Å². The fourth-order valence-corrected chi connectivity index (χ4v) is 2.34. The molecule has 9 heavy (non-hydrogen) atoms. The quantitative estimate of drug-likeness (QED) is 0.432. The van der Waals surface area contributed by atoms with Crippen LogP contribution in [0.2, 0.25) is 11.6 Å². The average molecular weight is 121 g/mol. The van der Waals surface area contributed by atoms with E-state index in [1.54, 1.807) is 0 Å². The van der Waals surface area contributed by atoms with Crippen LogP contribution in [0.1, 0.15) is 38.5 Å². The van der Waals surface area contributed by atoms with E-state index >= 15 is 0 Å². The van der Waals surface area contributed by atoms with Crippen LogP contribution in [0.3, 0.4) is 0 Å². The first-order chi connectivity index (χ1) is 4.45. The Morgan fingerprint density at radius 2 is 1.22 bits per heavy atom. The standard InChI is InChI=1S/C8H14B/c1-3-7-5-2-6-8(4-1)9-7/h7-8H,1-6H2/q-1. The molecule has 0 atom stereocenters. The summed E-state index contributed by atoms with van der Waals surface area (Å²) in [5.74, 6) is 2.05. The number of hydrogen-bond acceptors (Lipinski definition) is 0. The third-order valence-electron chi connectivity index (χ3n) is 2.84. The molecule has 2 rings (SSSR count). The average Bonchev–Trinajstić information content (AvgIpc) is 1.88. The van der Waals surface area contributed by atoms with Crippen molar-refractivity contribution in [1.29, 1.82) is 0 Å². The Bertz CT molecular complexity index is 80.7. The van der Waals surface area contributed by atoms with Gasteiger partial charge in [-0.1, -0.05) is 38.5 Å². The van der Waals surface area contributed by atoms with E-state index in [1.807, 2.05) is 0 Å². The van der Waals surface area contributed by atoms with Crippen LogP contribution < -0.4 is 0 Å². The summed E-state index contributed by atoms with van der Waals surface area (Å²) in [6.45, 7) is 0. The van der Waals surface area contributed by atoms with Gasteiger partial charge in [-0.15, -0.1) is 0 Å². The lowest BCUT2D eigenvalue weighted by molar-refractivity contribution is 0.455. The van der Waals surface area contributed by atoms with Gasteiger partial charge in [-0.25, -0.2) is 11.6 Å². The zero-order chi connectivity index (χ0) is 6.10. The molecule has 50 valence electrons. The van der Waals surface area contributed by atoms with Crippen LogP contribution in [0.15, 0.2) is 0 Å². The van der Waals surface area contributed by atoms with Crippen LogP contribution >= 0.6 is 0 Å². The lowest BCUT2D eigenvalue weighted by atomic mass is 9.44. The summed E-state index contributed by atoms with van der Waals surface area (Å²) in [4.78, 5) is 0. The smallest absolute Gasteiger partial charge is 0.0592 e.